The second-order valence-corrected chi connectivity index (χ2v) is 5.35. The van der Waals surface area contributed by atoms with Gasteiger partial charge in [0.25, 0.3) is 0 Å². The highest BCUT2D eigenvalue weighted by Crippen LogP contribution is 2.27. The molecule has 0 radical (unpaired) electrons. The summed E-state index contributed by atoms with van der Waals surface area (Å²) in [6.45, 7) is 1.51. The van der Waals surface area contributed by atoms with Gasteiger partial charge in [0.2, 0.25) is 0 Å². The third-order valence-corrected chi connectivity index (χ3v) is 4.08. The highest BCUT2D eigenvalue weighted by atomic mass is 16.4. The Labute approximate surface area is 122 Å². The van der Waals surface area contributed by atoms with Crippen LogP contribution in [0.4, 0.5) is 0 Å². The number of benzene rings is 2. The summed E-state index contributed by atoms with van der Waals surface area (Å²) in [7, 11) is 0. The zero-order chi connectivity index (χ0) is 14.2. The number of hydrogen-bond donors (Lipinski definition) is 1. The fraction of sp³-hybridized carbons (Fsp3) is 0.167. The number of nitrogens with one attached hydrogen (secondary N) is 1. The Morgan fingerprint density at radius 2 is 1.81 bits per heavy atom. The maximum Gasteiger partial charge on any atom is 0.341 e. The van der Waals surface area contributed by atoms with E-state index in [9.17, 15) is 4.79 Å². The molecule has 4 rings (SSSR count). The maximum atomic E-state index is 12.1. The van der Waals surface area contributed by atoms with Gasteiger partial charge in [0.1, 0.15) is 5.58 Å². The molecule has 2 heterocycles. The van der Waals surface area contributed by atoms with Crippen LogP contribution < -0.4 is 10.9 Å². The van der Waals surface area contributed by atoms with E-state index in [4.69, 9.17) is 4.42 Å². The Balaban J connectivity index is 1.95. The van der Waals surface area contributed by atoms with E-state index in [1.54, 1.807) is 0 Å². The van der Waals surface area contributed by atoms with Gasteiger partial charge >= 0.3 is 5.63 Å². The monoisotopic (exact) mass is 277 g/mol. The number of hydrogen-bond acceptors (Lipinski definition) is 3. The molecular formula is C18H15NO2. The topological polar surface area (TPSA) is 42.2 Å². The minimum absolute atomic E-state index is 0.213. The fourth-order valence-electron chi connectivity index (χ4n) is 3.00. The molecular weight excluding hydrogens is 262 g/mol. The Bertz CT molecular complexity index is 866. The molecule has 0 amide bonds. The number of rotatable bonds is 1. The zero-order valence-corrected chi connectivity index (χ0v) is 11.6. The smallest absolute Gasteiger partial charge is 0.341 e. The van der Waals surface area contributed by atoms with E-state index in [1.165, 1.54) is 0 Å². The minimum atomic E-state index is -0.213. The van der Waals surface area contributed by atoms with E-state index in [0.717, 1.165) is 40.6 Å². The summed E-state index contributed by atoms with van der Waals surface area (Å²) in [4.78, 5) is 12.1. The fourth-order valence-corrected chi connectivity index (χ4v) is 3.00. The molecule has 0 aliphatic carbocycles. The Kier molecular flexibility index (Phi) is 2.86. The average molecular weight is 277 g/mol. The molecule has 3 heteroatoms. The van der Waals surface area contributed by atoms with Gasteiger partial charge in [0, 0.05) is 11.9 Å². The molecule has 0 unspecified atom stereocenters. The van der Waals surface area contributed by atoms with Crippen molar-refractivity contribution in [3.63, 3.8) is 0 Å². The summed E-state index contributed by atoms with van der Waals surface area (Å²) < 4.78 is 5.53. The standard InChI is InChI=1S/C18H15NO2/c20-18-16-11-19-9-8-14(16)15-7-6-13(10-17(15)21-18)12-4-2-1-3-5-12/h1-7,10,19H,8-9,11H2. The van der Waals surface area contributed by atoms with E-state index in [2.05, 4.69) is 29.6 Å². The lowest BCUT2D eigenvalue weighted by Gasteiger charge is -2.17. The molecule has 0 saturated heterocycles. The summed E-state index contributed by atoms with van der Waals surface area (Å²) in [5, 5.41) is 4.28. The van der Waals surface area contributed by atoms with Crippen molar-refractivity contribution in [1.82, 2.24) is 5.32 Å². The third-order valence-electron chi connectivity index (χ3n) is 4.08. The molecule has 2 aromatic carbocycles. The van der Waals surface area contributed by atoms with Crippen molar-refractivity contribution in [3.8, 4) is 11.1 Å². The van der Waals surface area contributed by atoms with Crippen molar-refractivity contribution in [2.75, 3.05) is 6.54 Å². The molecule has 1 aliphatic heterocycles. The Morgan fingerprint density at radius 1 is 0.952 bits per heavy atom. The van der Waals surface area contributed by atoms with Gasteiger partial charge in [-0.2, -0.15) is 0 Å². The lowest BCUT2D eigenvalue weighted by molar-refractivity contribution is 0.526. The lowest BCUT2D eigenvalue weighted by atomic mass is 9.96. The molecule has 0 bridgehead atoms. The van der Waals surface area contributed by atoms with Gasteiger partial charge in [-0.1, -0.05) is 42.5 Å². The predicted molar refractivity (Wildman–Crippen MR) is 83.3 cm³/mol. The summed E-state index contributed by atoms with van der Waals surface area (Å²) in [6, 6.07) is 16.3. The first-order valence-corrected chi connectivity index (χ1v) is 7.18. The molecule has 3 aromatic rings. The highest BCUT2D eigenvalue weighted by molar-refractivity contribution is 5.86. The van der Waals surface area contributed by atoms with Gasteiger partial charge < -0.3 is 9.73 Å². The quantitative estimate of drug-likeness (QED) is 0.695. The van der Waals surface area contributed by atoms with Crippen LogP contribution in [0, 0.1) is 0 Å². The van der Waals surface area contributed by atoms with Crippen molar-refractivity contribution in [2.45, 2.75) is 13.0 Å². The predicted octanol–water partition coefficient (Wildman–Crippen LogP) is 3.11. The second kappa shape index (κ2) is 4.86. The lowest BCUT2D eigenvalue weighted by Crippen LogP contribution is -2.29. The van der Waals surface area contributed by atoms with Crippen LogP contribution in [-0.2, 0) is 13.0 Å². The van der Waals surface area contributed by atoms with Gasteiger partial charge in [-0.15, -0.1) is 0 Å². The van der Waals surface area contributed by atoms with Crippen LogP contribution >= 0.6 is 0 Å². The number of fused-ring (bicyclic) bond motifs is 3. The van der Waals surface area contributed by atoms with E-state index in [1.807, 2.05) is 24.3 Å². The zero-order valence-electron chi connectivity index (χ0n) is 11.6. The summed E-state index contributed by atoms with van der Waals surface area (Å²) in [5.74, 6) is 0. The molecule has 0 fully saturated rings. The second-order valence-electron chi connectivity index (χ2n) is 5.35. The minimum Gasteiger partial charge on any atom is -0.422 e. The van der Waals surface area contributed by atoms with Crippen molar-refractivity contribution in [3.05, 3.63) is 70.1 Å². The van der Waals surface area contributed by atoms with Crippen molar-refractivity contribution >= 4 is 11.0 Å². The van der Waals surface area contributed by atoms with Gasteiger partial charge in [-0.25, -0.2) is 4.79 Å². The molecule has 0 saturated carbocycles. The van der Waals surface area contributed by atoms with Gasteiger partial charge in [-0.3, -0.25) is 0 Å². The van der Waals surface area contributed by atoms with Gasteiger partial charge in [0.05, 0.1) is 5.56 Å². The largest absolute Gasteiger partial charge is 0.422 e. The normalized spacial score (nSPS) is 14.1. The molecule has 0 spiro atoms. The first-order valence-electron chi connectivity index (χ1n) is 7.18. The van der Waals surface area contributed by atoms with Crippen LogP contribution in [0.1, 0.15) is 11.1 Å². The van der Waals surface area contributed by atoms with E-state index in [-0.39, 0.29) is 5.63 Å². The van der Waals surface area contributed by atoms with Crippen LogP contribution in [-0.4, -0.2) is 6.54 Å². The van der Waals surface area contributed by atoms with Crippen molar-refractivity contribution < 1.29 is 4.42 Å². The highest BCUT2D eigenvalue weighted by Gasteiger charge is 2.17. The molecule has 0 atom stereocenters. The molecule has 1 aromatic heterocycles. The summed E-state index contributed by atoms with van der Waals surface area (Å²) in [6.07, 6.45) is 0.877. The molecule has 3 nitrogen and oxygen atoms in total. The van der Waals surface area contributed by atoms with Crippen LogP contribution in [0.2, 0.25) is 0 Å². The third kappa shape index (κ3) is 2.06. The summed E-state index contributed by atoms with van der Waals surface area (Å²) >= 11 is 0. The Morgan fingerprint density at radius 3 is 2.67 bits per heavy atom. The van der Waals surface area contributed by atoms with E-state index < -0.39 is 0 Å². The maximum absolute atomic E-state index is 12.1. The molecule has 104 valence electrons. The van der Waals surface area contributed by atoms with Gasteiger partial charge in [-0.05, 0) is 35.7 Å². The first kappa shape index (κ1) is 12.4. The summed E-state index contributed by atoms with van der Waals surface area (Å²) in [5.41, 5.74) is 4.58. The van der Waals surface area contributed by atoms with E-state index >= 15 is 0 Å². The average Bonchev–Trinajstić information content (AvgIpc) is 2.55. The van der Waals surface area contributed by atoms with Crippen LogP contribution in [0.3, 0.4) is 0 Å². The molecule has 21 heavy (non-hydrogen) atoms. The van der Waals surface area contributed by atoms with Crippen molar-refractivity contribution in [1.29, 1.82) is 0 Å². The van der Waals surface area contributed by atoms with Gasteiger partial charge in [0.15, 0.2) is 0 Å². The van der Waals surface area contributed by atoms with Crippen LogP contribution in [0.15, 0.2) is 57.7 Å². The SMILES string of the molecule is O=c1oc2cc(-c3ccccc3)ccc2c2c1CNCC2. The molecule has 1 N–H and O–H groups in total. The van der Waals surface area contributed by atoms with Crippen molar-refractivity contribution in [2.24, 2.45) is 0 Å². The van der Waals surface area contributed by atoms with E-state index in [0.29, 0.717) is 12.1 Å². The first-order chi connectivity index (χ1) is 10.3. The molecule has 1 aliphatic rings. The van der Waals surface area contributed by atoms with Crippen LogP contribution in [0.5, 0.6) is 0 Å². The van der Waals surface area contributed by atoms with Crippen LogP contribution in [0.25, 0.3) is 22.1 Å². The Hall–Kier alpha value is -2.39.